The van der Waals surface area contributed by atoms with Gasteiger partial charge in [-0.05, 0) is 54.6 Å². The molecule has 0 spiro atoms. The van der Waals surface area contributed by atoms with E-state index in [4.69, 9.17) is 27.9 Å². The summed E-state index contributed by atoms with van der Waals surface area (Å²) in [5, 5.41) is 6.94. The molecule has 0 heterocycles. The number of anilines is 1. The number of amides is 2. The topological polar surface area (TPSA) is 96.9 Å². The summed E-state index contributed by atoms with van der Waals surface area (Å²) in [5.74, 6) is -2.37. The molecule has 3 rings (SSSR count). The second-order valence-electron chi connectivity index (χ2n) is 6.21. The van der Waals surface area contributed by atoms with Crippen LogP contribution in [0, 0.1) is 0 Å². The minimum Gasteiger partial charge on any atom is -0.422 e. The Labute approximate surface area is 201 Å². The first-order chi connectivity index (χ1) is 15.3. The lowest BCUT2D eigenvalue weighted by Crippen LogP contribution is -2.32. The number of nitrogens with one attached hydrogen (secondary N) is 2. The number of esters is 1. The van der Waals surface area contributed by atoms with Crippen LogP contribution in [0.3, 0.4) is 0 Å². The highest BCUT2D eigenvalue weighted by Crippen LogP contribution is 2.24. The lowest BCUT2D eigenvalue weighted by atomic mass is 10.2. The summed E-state index contributed by atoms with van der Waals surface area (Å²) < 4.78 is 6.11. The molecule has 10 heteroatoms. The molecule has 0 fully saturated rings. The first kappa shape index (κ1) is 23.5. The van der Waals surface area contributed by atoms with Crippen LogP contribution in [0.25, 0.3) is 0 Å². The number of hydrogen-bond acceptors (Lipinski definition) is 5. The fourth-order valence-electron chi connectivity index (χ4n) is 2.43. The summed E-state index contributed by atoms with van der Waals surface area (Å²) in [5.41, 5.74) is 3.10. The molecule has 3 aromatic rings. The summed E-state index contributed by atoms with van der Waals surface area (Å²) in [6.45, 7) is 0. The second kappa shape index (κ2) is 10.9. The Kier molecular flexibility index (Phi) is 7.99. The summed E-state index contributed by atoms with van der Waals surface area (Å²) in [6, 6.07) is 17.6. The van der Waals surface area contributed by atoms with Gasteiger partial charge in [0.2, 0.25) is 0 Å². The standard InChI is InChI=1S/C22H14BrCl2N3O4/c23-14-5-10-19(32-22(31)17-3-1-2-4-18(17)25)13(11-14)12-26-28-21(30)20(29)27-16-8-6-15(24)7-9-16/h1-12H,(H,27,29)(H,28,30)/b26-12-. The molecule has 0 atom stereocenters. The third-order valence-corrected chi connectivity index (χ3v) is 5.02. The number of rotatable bonds is 5. The second-order valence-corrected chi connectivity index (χ2v) is 7.97. The van der Waals surface area contributed by atoms with E-state index in [0.717, 1.165) is 0 Å². The van der Waals surface area contributed by atoms with E-state index in [2.05, 4.69) is 31.8 Å². The number of nitrogens with zero attached hydrogens (tertiary/aromatic N) is 1. The monoisotopic (exact) mass is 533 g/mol. The SMILES string of the molecule is O=C(N/N=C\c1cc(Br)ccc1OC(=O)c1ccccc1Cl)C(=O)Nc1ccc(Cl)cc1. The van der Waals surface area contributed by atoms with E-state index < -0.39 is 17.8 Å². The molecule has 2 amide bonds. The van der Waals surface area contributed by atoms with Gasteiger partial charge in [0.25, 0.3) is 0 Å². The number of hydrazone groups is 1. The Morgan fingerprint density at radius 3 is 2.38 bits per heavy atom. The van der Waals surface area contributed by atoms with Gasteiger partial charge in [0.05, 0.1) is 16.8 Å². The van der Waals surface area contributed by atoms with Gasteiger partial charge >= 0.3 is 17.8 Å². The Balaban J connectivity index is 1.67. The fourth-order valence-corrected chi connectivity index (χ4v) is 3.14. The van der Waals surface area contributed by atoms with Crippen molar-refractivity contribution >= 4 is 68.8 Å². The van der Waals surface area contributed by atoms with Gasteiger partial charge in [0.15, 0.2) is 0 Å². The summed E-state index contributed by atoms with van der Waals surface area (Å²) >= 11 is 15.1. The molecule has 0 aromatic heterocycles. The van der Waals surface area contributed by atoms with Crippen LogP contribution < -0.4 is 15.5 Å². The van der Waals surface area contributed by atoms with Crippen molar-refractivity contribution < 1.29 is 19.1 Å². The predicted octanol–water partition coefficient (Wildman–Crippen LogP) is 5.06. The molecule has 0 saturated heterocycles. The molecule has 0 aliphatic heterocycles. The van der Waals surface area contributed by atoms with Gasteiger partial charge in [-0.25, -0.2) is 10.2 Å². The van der Waals surface area contributed by atoms with Crippen LogP contribution in [0.4, 0.5) is 5.69 Å². The molecule has 32 heavy (non-hydrogen) atoms. The smallest absolute Gasteiger partial charge is 0.345 e. The van der Waals surface area contributed by atoms with Gasteiger partial charge in [-0.15, -0.1) is 0 Å². The zero-order valence-corrected chi connectivity index (χ0v) is 19.2. The number of hydrogen-bond donors (Lipinski definition) is 2. The lowest BCUT2D eigenvalue weighted by Gasteiger charge is -2.09. The third kappa shape index (κ3) is 6.40. The molecular weight excluding hydrogens is 521 g/mol. The van der Waals surface area contributed by atoms with Crippen molar-refractivity contribution in [1.29, 1.82) is 0 Å². The number of benzene rings is 3. The highest BCUT2D eigenvalue weighted by atomic mass is 79.9. The van der Waals surface area contributed by atoms with Crippen LogP contribution in [0.2, 0.25) is 10.0 Å². The Morgan fingerprint density at radius 2 is 1.66 bits per heavy atom. The van der Waals surface area contributed by atoms with E-state index in [9.17, 15) is 14.4 Å². The molecule has 162 valence electrons. The van der Waals surface area contributed by atoms with Crippen molar-refractivity contribution in [2.45, 2.75) is 0 Å². The maximum absolute atomic E-state index is 12.4. The Bertz CT molecular complexity index is 1200. The highest BCUT2D eigenvalue weighted by Gasteiger charge is 2.15. The van der Waals surface area contributed by atoms with Gasteiger partial charge in [0, 0.05) is 20.7 Å². The zero-order valence-electron chi connectivity index (χ0n) is 16.1. The van der Waals surface area contributed by atoms with Crippen LogP contribution >= 0.6 is 39.1 Å². The highest BCUT2D eigenvalue weighted by molar-refractivity contribution is 9.10. The molecule has 0 radical (unpaired) electrons. The molecule has 3 aromatic carbocycles. The van der Waals surface area contributed by atoms with Gasteiger partial charge in [-0.2, -0.15) is 5.10 Å². The van der Waals surface area contributed by atoms with E-state index in [1.165, 1.54) is 12.3 Å². The number of ether oxygens (including phenoxy) is 1. The van der Waals surface area contributed by atoms with Crippen molar-refractivity contribution in [2.75, 3.05) is 5.32 Å². The minimum atomic E-state index is -0.985. The quantitative estimate of drug-likeness (QED) is 0.157. The maximum Gasteiger partial charge on any atom is 0.345 e. The summed E-state index contributed by atoms with van der Waals surface area (Å²) in [7, 11) is 0. The van der Waals surface area contributed by atoms with Crippen LogP contribution in [-0.2, 0) is 9.59 Å². The van der Waals surface area contributed by atoms with Crippen LogP contribution in [0.1, 0.15) is 15.9 Å². The van der Waals surface area contributed by atoms with Crippen LogP contribution in [0.5, 0.6) is 5.75 Å². The average molecular weight is 535 g/mol. The van der Waals surface area contributed by atoms with Gasteiger partial charge < -0.3 is 10.1 Å². The largest absolute Gasteiger partial charge is 0.422 e. The van der Waals surface area contributed by atoms with Gasteiger partial charge in [-0.3, -0.25) is 9.59 Å². The van der Waals surface area contributed by atoms with Crippen molar-refractivity contribution in [1.82, 2.24) is 5.43 Å². The molecule has 0 unspecified atom stereocenters. The van der Waals surface area contributed by atoms with Crippen LogP contribution in [-0.4, -0.2) is 24.0 Å². The van der Waals surface area contributed by atoms with Crippen molar-refractivity contribution in [3.8, 4) is 5.75 Å². The number of carbonyl (C=O) groups excluding carboxylic acids is 3. The van der Waals surface area contributed by atoms with Crippen LogP contribution in [0.15, 0.2) is 76.3 Å². The molecule has 0 aliphatic rings. The maximum atomic E-state index is 12.4. The normalized spacial score (nSPS) is 10.6. The summed E-state index contributed by atoms with van der Waals surface area (Å²) in [4.78, 5) is 36.4. The van der Waals surface area contributed by atoms with Crippen molar-refractivity contribution in [3.05, 3.63) is 92.4 Å². The molecule has 0 saturated carbocycles. The molecule has 2 N–H and O–H groups in total. The van der Waals surface area contributed by atoms with Crippen molar-refractivity contribution in [2.24, 2.45) is 5.10 Å². The first-order valence-corrected chi connectivity index (χ1v) is 10.5. The van der Waals surface area contributed by atoms with E-state index in [1.54, 1.807) is 60.7 Å². The Hall–Kier alpha value is -3.20. The first-order valence-electron chi connectivity index (χ1n) is 8.99. The molecule has 0 aliphatic carbocycles. The lowest BCUT2D eigenvalue weighted by molar-refractivity contribution is -0.136. The predicted molar refractivity (Wildman–Crippen MR) is 126 cm³/mol. The number of carbonyl (C=O) groups is 3. The van der Waals surface area contributed by atoms with E-state index in [-0.39, 0.29) is 16.3 Å². The van der Waals surface area contributed by atoms with E-state index >= 15 is 0 Å². The minimum absolute atomic E-state index is 0.182. The molecule has 7 nitrogen and oxygen atoms in total. The molecule has 0 bridgehead atoms. The van der Waals surface area contributed by atoms with Gasteiger partial charge in [-0.1, -0.05) is 51.3 Å². The Morgan fingerprint density at radius 1 is 0.938 bits per heavy atom. The molecular formula is C22H14BrCl2N3O4. The van der Waals surface area contributed by atoms with Crippen molar-refractivity contribution in [3.63, 3.8) is 0 Å². The summed E-state index contributed by atoms with van der Waals surface area (Å²) in [6.07, 6.45) is 1.24. The van der Waals surface area contributed by atoms with E-state index in [1.807, 2.05) is 0 Å². The number of halogens is 3. The fraction of sp³-hybridized carbons (Fsp3) is 0. The van der Waals surface area contributed by atoms with Gasteiger partial charge in [0.1, 0.15) is 5.75 Å². The third-order valence-electron chi connectivity index (χ3n) is 3.95. The van der Waals surface area contributed by atoms with E-state index in [0.29, 0.717) is 20.7 Å². The zero-order chi connectivity index (χ0) is 23.1. The average Bonchev–Trinajstić information content (AvgIpc) is 2.77.